The van der Waals surface area contributed by atoms with Gasteiger partial charge in [0.1, 0.15) is 9.92 Å². The molecule has 3 heterocycles. The number of aryl methyl sites for hydroxylation is 2. The van der Waals surface area contributed by atoms with Gasteiger partial charge in [-0.15, -0.1) is 11.3 Å². The van der Waals surface area contributed by atoms with Gasteiger partial charge in [-0.3, -0.25) is 9.59 Å². The third-order valence-corrected chi connectivity index (χ3v) is 8.73. The van der Waals surface area contributed by atoms with Crippen LogP contribution in [0.25, 0.3) is 0 Å². The SMILES string of the molecule is Cc1cccc(N2N=C(C(=O)N3CCN(S(=O)(=O)c4ccc(C)s4)CC3)CCC2=O)c1. The van der Waals surface area contributed by atoms with E-state index in [0.29, 0.717) is 28.7 Å². The van der Waals surface area contributed by atoms with Crippen molar-refractivity contribution < 1.29 is 18.0 Å². The van der Waals surface area contributed by atoms with Crippen LogP contribution in [0.2, 0.25) is 0 Å². The zero-order valence-electron chi connectivity index (χ0n) is 17.4. The summed E-state index contributed by atoms with van der Waals surface area (Å²) in [4.78, 5) is 27.9. The summed E-state index contributed by atoms with van der Waals surface area (Å²) in [7, 11) is -3.54. The Morgan fingerprint density at radius 3 is 2.42 bits per heavy atom. The fourth-order valence-corrected chi connectivity index (χ4v) is 6.52. The van der Waals surface area contributed by atoms with E-state index in [1.807, 2.05) is 32.0 Å². The predicted octanol–water partition coefficient (Wildman–Crippen LogP) is 2.38. The summed E-state index contributed by atoms with van der Waals surface area (Å²) in [5.41, 5.74) is 1.96. The number of nitrogens with zero attached hydrogens (tertiary/aromatic N) is 4. The molecule has 2 aliphatic rings. The maximum absolute atomic E-state index is 13.0. The van der Waals surface area contributed by atoms with Crippen LogP contribution in [0.3, 0.4) is 0 Å². The number of piperazine rings is 1. The number of hydrazone groups is 1. The van der Waals surface area contributed by atoms with Crippen molar-refractivity contribution in [2.24, 2.45) is 5.10 Å². The quantitative estimate of drug-likeness (QED) is 0.701. The molecular formula is C21H24N4O4S2. The highest BCUT2D eigenvalue weighted by Crippen LogP contribution is 2.26. The molecule has 31 heavy (non-hydrogen) atoms. The average molecular weight is 461 g/mol. The van der Waals surface area contributed by atoms with Crippen LogP contribution in [0.5, 0.6) is 0 Å². The molecule has 0 radical (unpaired) electrons. The number of thiophene rings is 1. The molecule has 2 aromatic rings. The van der Waals surface area contributed by atoms with Gasteiger partial charge in [0.2, 0.25) is 5.91 Å². The fraction of sp³-hybridized carbons (Fsp3) is 0.381. The fourth-order valence-electron chi connectivity index (χ4n) is 3.66. The molecule has 164 valence electrons. The van der Waals surface area contributed by atoms with E-state index in [1.54, 1.807) is 23.1 Å². The Morgan fingerprint density at radius 1 is 1.03 bits per heavy atom. The monoisotopic (exact) mass is 460 g/mol. The van der Waals surface area contributed by atoms with Crippen LogP contribution in [0.1, 0.15) is 23.3 Å². The first-order chi connectivity index (χ1) is 14.8. The maximum atomic E-state index is 13.0. The lowest BCUT2D eigenvalue weighted by atomic mass is 10.1. The molecule has 0 atom stereocenters. The van der Waals surface area contributed by atoms with Gasteiger partial charge in [0, 0.05) is 43.9 Å². The lowest BCUT2D eigenvalue weighted by Crippen LogP contribution is -2.52. The first-order valence-corrected chi connectivity index (χ1v) is 12.3. The summed E-state index contributed by atoms with van der Waals surface area (Å²) in [6, 6.07) is 10.8. The van der Waals surface area contributed by atoms with Crippen molar-refractivity contribution in [3.63, 3.8) is 0 Å². The lowest BCUT2D eigenvalue weighted by Gasteiger charge is -2.34. The second-order valence-corrected chi connectivity index (χ2v) is 11.1. The number of carbonyl (C=O) groups excluding carboxylic acids is 2. The number of amides is 2. The van der Waals surface area contributed by atoms with Crippen LogP contribution in [-0.4, -0.2) is 61.3 Å². The van der Waals surface area contributed by atoms with Gasteiger partial charge in [0.05, 0.1) is 5.69 Å². The van der Waals surface area contributed by atoms with Crippen LogP contribution >= 0.6 is 11.3 Å². The van der Waals surface area contributed by atoms with Crippen LogP contribution in [0.4, 0.5) is 5.69 Å². The van der Waals surface area contributed by atoms with Crippen molar-refractivity contribution in [1.82, 2.24) is 9.21 Å². The van der Waals surface area contributed by atoms with Gasteiger partial charge in [-0.1, -0.05) is 12.1 Å². The highest BCUT2D eigenvalue weighted by atomic mass is 32.2. The summed E-state index contributed by atoms with van der Waals surface area (Å²) in [6.07, 6.45) is 0.498. The molecule has 1 aromatic heterocycles. The van der Waals surface area contributed by atoms with Crippen molar-refractivity contribution in [2.45, 2.75) is 30.9 Å². The molecule has 2 aliphatic heterocycles. The highest BCUT2D eigenvalue weighted by Gasteiger charge is 2.34. The van der Waals surface area contributed by atoms with E-state index in [2.05, 4.69) is 5.10 Å². The standard InChI is InChI=1S/C21H24N4O4S2/c1-15-4-3-5-17(14-15)25-19(26)8-7-18(22-25)21(27)23-10-12-24(13-11-23)31(28,29)20-9-6-16(2)30-20/h3-6,9,14H,7-8,10-13H2,1-2H3. The van der Waals surface area contributed by atoms with E-state index in [-0.39, 0.29) is 37.7 Å². The van der Waals surface area contributed by atoms with Crippen molar-refractivity contribution >= 4 is 44.6 Å². The lowest BCUT2D eigenvalue weighted by molar-refractivity contribution is -0.125. The summed E-state index contributed by atoms with van der Waals surface area (Å²) < 4.78 is 27.4. The molecule has 8 nitrogen and oxygen atoms in total. The highest BCUT2D eigenvalue weighted by molar-refractivity contribution is 7.91. The maximum Gasteiger partial charge on any atom is 0.270 e. The van der Waals surface area contributed by atoms with Gasteiger partial charge in [0.25, 0.3) is 15.9 Å². The van der Waals surface area contributed by atoms with Crippen LogP contribution in [0, 0.1) is 13.8 Å². The number of rotatable bonds is 4. The largest absolute Gasteiger partial charge is 0.335 e. The molecule has 2 amide bonds. The Labute approximate surface area is 185 Å². The van der Waals surface area contributed by atoms with E-state index in [0.717, 1.165) is 10.4 Å². The van der Waals surface area contributed by atoms with E-state index in [9.17, 15) is 18.0 Å². The predicted molar refractivity (Wildman–Crippen MR) is 120 cm³/mol. The number of benzene rings is 1. The van der Waals surface area contributed by atoms with Gasteiger partial charge >= 0.3 is 0 Å². The van der Waals surface area contributed by atoms with E-state index in [4.69, 9.17) is 0 Å². The van der Waals surface area contributed by atoms with Gasteiger partial charge in [-0.25, -0.2) is 13.4 Å². The average Bonchev–Trinajstić information content (AvgIpc) is 3.21. The third kappa shape index (κ3) is 4.41. The Bertz CT molecular complexity index is 1150. The third-order valence-electron chi connectivity index (χ3n) is 5.36. The summed E-state index contributed by atoms with van der Waals surface area (Å²) in [6.45, 7) is 4.85. The number of anilines is 1. The number of hydrogen-bond donors (Lipinski definition) is 0. The molecule has 0 aliphatic carbocycles. The van der Waals surface area contributed by atoms with E-state index < -0.39 is 10.0 Å². The van der Waals surface area contributed by atoms with Gasteiger partial charge in [-0.2, -0.15) is 9.41 Å². The molecule has 1 saturated heterocycles. The molecule has 0 N–H and O–H groups in total. The summed E-state index contributed by atoms with van der Waals surface area (Å²) in [5, 5.41) is 5.64. The molecule has 1 fully saturated rings. The summed E-state index contributed by atoms with van der Waals surface area (Å²) >= 11 is 1.25. The summed E-state index contributed by atoms with van der Waals surface area (Å²) in [5.74, 6) is -0.390. The van der Waals surface area contributed by atoms with Crippen molar-refractivity contribution in [3.8, 4) is 0 Å². The molecule has 0 saturated carbocycles. The Kier molecular flexibility index (Phi) is 5.96. The number of carbonyl (C=O) groups is 2. The van der Waals surface area contributed by atoms with E-state index >= 15 is 0 Å². The van der Waals surface area contributed by atoms with Crippen molar-refractivity contribution in [1.29, 1.82) is 0 Å². The topological polar surface area (TPSA) is 90.4 Å². The number of sulfonamides is 1. The molecule has 0 bridgehead atoms. The molecule has 0 unspecified atom stereocenters. The minimum Gasteiger partial charge on any atom is -0.335 e. The molecule has 0 spiro atoms. The second kappa shape index (κ2) is 8.52. The van der Waals surface area contributed by atoms with Crippen molar-refractivity contribution in [3.05, 3.63) is 46.8 Å². The Morgan fingerprint density at radius 2 is 1.77 bits per heavy atom. The Hall–Kier alpha value is -2.56. The minimum atomic E-state index is -3.54. The van der Waals surface area contributed by atoms with Crippen LogP contribution in [0.15, 0.2) is 45.7 Å². The molecular weight excluding hydrogens is 436 g/mol. The zero-order chi connectivity index (χ0) is 22.2. The van der Waals surface area contributed by atoms with Crippen molar-refractivity contribution in [2.75, 3.05) is 31.2 Å². The van der Waals surface area contributed by atoms with Gasteiger partial charge in [-0.05, 0) is 43.7 Å². The normalized spacial score (nSPS) is 18.3. The molecule has 10 heteroatoms. The Balaban J connectivity index is 1.46. The van der Waals surface area contributed by atoms with Crippen LogP contribution < -0.4 is 5.01 Å². The molecule has 4 rings (SSSR count). The first kappa shape index (κ1) is 21.7. The smallest absolute Gasteiger partial charge is 0.270 e. The minimum absolute atomic E-state index is 0.149. The second-order valence-electron chi connectivity index (χ2n) is 7.65. The van der Waals surface area contributed by atoms with Crippen LogP contribution in [-0.2, 0) is 19.6 Å². The van der Waals surface area contributed by atoms with E-state index in [1.165, 1.54) is 20.7 Å². The molecule has 1 aromatic carbocycles. The number of hydrogen-bond acceptors (Lipinski definition) is 6. The zero-order valence-corrected chi connectivity index (χ0v) is 19.1. The van der Waals surface area contributed by atoms with Gasteiger partial charge < -0.3 is 4.90 Å². The first-order valence-electron chi connectivity index (χ1n) is 10.1. The van der Waals surface area contributed by atoms with Gasteiger partial charge in [0.15, 0.2) is 0 Å².